The van der Waals surface area contributed by atoms with E-state index < -0.39 is 0 Å². The molecule has 4 heteroatoms. The van der Waals surface area contributed by atoms with E-state index in [-0.39, 0.29) is 35.6 Å². The van der Waals surface area contributed by atoms with Crippen molar-refractivity contribution in [2.24, 2.45) is 0 Å². The van der Waals surface area contributed by atoms with Gasteiger partial charge in [-0.1, -0.05) is 41.5 Å². The summed E-state index contributed by atoms with van der Waals surface area (Å²) in [5.41, 5.74) is 0. The molecule has 0 aliphatic carbocycles. The van der Waals surface area contributed by atoms with Gasteiger partial charge in [0.15, 0.2) is 0 Å². The fraction of sp³-hybridized carbons (Fsp3) is 1.00. The van der Waals surface area contributed by atoms with Crippen LogP contribution in [0, 0.1) is 35.6 Å². The largest absolute Gasteiger partial charge is 0.317 e. The standard InChI is InChI=1S/3C6H15N.La/c3*1-3-5-7-6-4-2;/h3*7H,3-6H2,1-2H3;. The van der Waals surface area contributed by atoms with Crippen LogP contribution in [0.25, 0.3) is 0 Å². The van der Waals surface area contributed by atoms with Gasteiger partial charge in [0, 0.05) is 35.6 Å². The summed E-state index contributed by atoms with van der Waals surface area (Å²) >= 11 is 0. The summed E-state index contributed by atoms with van der Waals surface area (Å²) in [6.45, 7) is 20.1. The first-order valence-corrected chi connectivity index (χ1v) is 9.36. The Morgan fingerprint density at radius 2 is 0.500 bits per heavy atom. The van der Waals surface area contributed by atoms with Gasteiger partial charge in [-0.2, -0.15) is 0 Å². The van der Waals surface area contributed by atoms with Crippen LogP contribution in [0.4, 0.5) is 0 Å². The molecule has 0 aromatic carbocycles. The van der Waals surface area contributed by atoms with Crippen LogP contribution in [0.1, 0.15) is 80.1 Å². The number of rotatable bonds is 12. The predicted molar refractivity (Wildman–Crippen MR) is 100 cm³/mol. The first-order chi connectivity index (χ1) is 10.2. The first-order valence-electron chi connectivity index (χ1n) is 9.36. The van der Waals surface area contributed by atoms with Crippen molar-refractivity contribution in [1.82, 2.24) is 16.0 Å². The van der Waals surface area contributed by atoms with Crippen LogP contribution in [-0.2, 0) is 0 Å². The molecule has 0 heterocycles. The summed E-state index contributed by atoms with van der Waals surface area (Å²) in [5.74, 6) is 0. The van der Waals surface area contributed by atoms with E-state index in [2.05, 4.69) is 57.5 Å². The van der Waals surface area contributed by atoms with E-state index in [9.17, 15) is 0 Å². The molecule has 1 radical (unpaired) electrons. The third-order valence-electron chi connectivity index (χ3n) is 2.56. The van der Waals surface area contributed by atoms with Gasteiger partial charge < -0.3 is 16.0 Å². The van der Waals surface area contributed by atoms with Crippen LogP contribution in [0.15, 0.2) is 0 Å². The van der Waals surface area contributed by atoms with Crippen molar-refractivity contribution in [1.29, 1.82) is 0 Å². The SMILES string of the molecule is CCCNCCC.CCCNCCC.CCCNCCC.[La]. The molecule has 0 spiro atoms. The Labute approximate surface area is 170 Å². The molecular weight excluding hydrogens is 397 g/mol. The van der Waals surface area contributed by atoms with Gasteiger partial charge in [0.25, 0.3) is 0 Å². The van der Waals surface area contributed by atoms with Crippen molar-refractivity contribution in [2.45, 2.75) is 80.1 Å². The predicted octanol–water partition coefficient (Wildman–Crippen LogP) is 4.19. The minimum absolute atomic E-state index is 0. The molecule has 0 saturated heterocycles. The van der Waals surface area contributed by atoms with Crippen molar-refractivity contribution >= 4 is 0 Å². The van der Waals surface area contributed by atoms with Crippen molar-refractivity contribution in [3.05, 3.63) is 0 Å². The zero-order valence-electron chi connectivity index (χ0n) is 16.6. The number of hydrogen-bond donors (Lipinski definition) is 3. The summed E-state index contributed by atoms with van der Waals surface area (Å²) in [4.78, 5) is 0. The zero-order chi connectivity index (χ0) is 16.6. The second kappa shape index (κ2) is 37.9. The van der Waals surface area contributed by atoms with Gasteiger partial charge in [0.2, 0.25) is 0 Å². The topological polar surface area (TPSA) is 36.1 Å². The summed E-state index contributed by atoms with van der Waals surface area (Å²) in [6.07, 6.45) is 7.50. The average Bonchev–Trinajstić information content (AvgIpc) is 2.50. The molecule has 0 atom stereocenters. The molecule has 0 aromatic heterocycles. The van der Waals surface area contributed by atoms with E-state index >= 15 is 0 Å². The molecular formula is C18H45LaN3. The van der Waals surface area contributed by atoms with Gasteiger partial charge in [-0.3, -0.25) is 0 Å². The molecule has 0 bridgehead atoms. The normalized spacial score (nSPS) is 9.00. The van der Waals surface area contributed by atoms with E-state index in [1.165, 1.54) is 77.8 Å². The van der Waals surface area contributed by atoms with Crippen LogP contribution in [0.5, 0.6) is 0 Å². The molecule has 0 aliphatic rings. The van der Waals surface area contributed by atoms with Crippen LogP contribution >= 0.6 is 0 Å². The summed E-state index contributed by atoms with van der Waals surface area (Å²) < 4.78 is 0. The molecule has 0 aromatic rings. The molecule has 0 rings (SSSR count). The van der Waals surface area contributed by atoms with Crippen LogP contribution in [0.3, 0.4) is 0 Å². The summed E-state index contributed by atoms with van der Waals surface area (Å²) in [6, 6.07) is 0. The minimum atomic E-state index is 0. The Hall–Kier alpha value is 1.07. The average molecular weight is 442 g/mol. The van der Waals surface area contributed by atoms with Crippen LogP contribution in [0.2, 0.25) is 0 Å². The van der Waals surface area contributed by atoms with Gasteiger partial charge in [-0.15, -0.1) is 0 Å². The quantitative estimate of drug-likeness (QED) is 0.397. The third-order valence-corrected chi connectivity index (χ3v) is 2.56. The van der Waals surface area contributed by atoms with Gasteiger partial charge in [-0.25, -0.2) is 0 Å². The fourth-order valence-electron chi connectivity index (χ4n) is 1.44. The van der Waals surface area contributed by atoms with E-state index in [1.807, 2.05) is 0 Å². The van der Waals surface area contributed by atoms with E-state index in [0.717, 1.165) is 0 Å². The van der Waals surface area contributed by atoms with Crippen molar-refractivity contribution in [2.75, 3.05) is 39.3 Å². The van der Waals surface area contributed by atoms with E-state index in [4.69, 9.17) is 0 Å². The van der Waals surface area contributed by atoms with Crippen molar-refractivity contribution in [3.8, 4) is 0 Å². The van der Waals surface area contributed by atoms with Crippen LogP contribution < -0.4 is 16.0 Å². The Kier molecular flexibility index (Phi) is 53.3. The van der Waals surface area contributed by atoms with Crippen LogP contribution in [-0.4, -0.2) is 39.3 Å². The Morgan fingerprint density at radius 3 is 0.591 bits per heavy atom. The fourth-order valence-corrected chi connectivity index (χ4v) is 1.44. The molecule has 0 unspecified atom stereocenters. The maximum absolute atomic E-state index is 3.28. The molecule has 0 fully saturated rings. The van der Waals surface area contributed by atoms with Gasteiger partial charge in [0.1, 0.15) is 0 Å². The van der Waals surface area contributed by atoms with Gasteiger partial charge in [-0.05, 0) is 77.8 Å². The minimum Gasteiger partial charge on any atom is -0.317 e. The molecule has 0 saturated carbocycles. The van der Waals surface area contributed by atoms with E-state index in [0.29, 0.717) is 0 Å². The second-order valence-electron chi connectivity index (χ2n) is 5.25. The third kappa shape index (κ3) is 49.7. The Morgan fingerprint density at radius 1 is 0.364 bits per heavy atom. The molecule has 0 aliphatic heterocycles. The molecule has 0 amide bonds. The molecule has 135 valence electrons. The summed E-state index contributed by atoms with van der Waals surface area (Å²) in [5, 5.41) is 9.85. The maximum atomic E-state index is 3.28. The van der Waals surface area contributed by atoms with Gasteiger partial charge in [0.05, 0.1) is 0 Å². The number of nitrogens with one attached hydrogen (secondary N) is 3. The molecule has 3 N–H and O–H groups in total. The van der Waals surface area contributed by atoms with Crippen molar-refractivity contribution in [3.63, 3.8) is 0 Å². The summed E-state index contributed by atoms with van der Waals surface area (Å²) in [7, 11) is 0. The zero-order valence-corrected chi connectivity index (χ0v) is 20.2. The molecule has 22 heavy (non-hydrogen) atoms. The first kappa shape index (κ1) is 30.9. The Bertz CT molecular complexity index is 99.7. The maximum Gasteiger partial charge on any atom is 0 e. The Balaban J connectivity index is -0.000000108. The van der Waals surface area contributed by atoms with Gasteiger partial charge >= 0.3 is 0 Å². The molecule has 3 nitrogen and oxygen atoms in total. The van der Waals surface area contributed by atoms with Crippen molar-refractivity contribution < 1.29 is 35.6 Å². The monoisotopic (exact) mass is 442 g/mol. The smallest absolute Gasteiger partial charge is 0 e. The van der Waals surface area contributed by atoms with E-state index in [1.54, 1.807) is 0 Å². The number of hydrogen-bond acceptors (Lipinski definition) is 3. The second-order valence-corrected chi connectivity index (χ2v) is 5.25.